The molecule has 1 rings (SSSR count). The number of sulfonamides is 1. The average molecular weight is 347 g/mol. The number of carbonyl (C=O) groups excluding carboxylic acids is 1. The second-order valence-electron chi connectivity index (χ2n) is 5.41. The number of anilines is 1. The van der Waals surface area contributed by atoms with E-state index in [-0.39, 0.29) is 11.9 Å². The molecule has 5 nitrogen and oxygen atoms in total. The first-order chi connectivity index (χ1) is 10.2. The highest BCUT2D eigenvalue weighted by atomic mass is 35.5. The van der Waals surface area contributed by atoms with E-state index in [4.69, 9.17) is 11.6 Å². The zero-order valence-electron chi connectivity index (χ0n) is 13.3. The normalized spacial score (nSPS) is 14.2. The number of carbonyl (C=O) groups is 1. The van der Waals surface area contributed by atoms with E-state index in [1.807, 2.05) is 13.8 Å². The fraction of sp³-hybridized carbons (Fsp3) is 0.533. The van der Waals surface area contributed by atoms with Gasteiger partial charge in [-0.15, -0.1) is 0 Å². The van der Waals surface area contributed by atoms with Gasteiger partial charge >= 0.3 is 0 Å². The Morgan fingerprint density at radius 2 is 1.82 bits per heavy atom. The molecule has 7 heteroatoms. The van der Waals surface area contributed by atoms with Gasteiger partial charge in [-0.05, 0) is 44.5 Å². The second-order valence-corrected chi connectivity index (χ2v) is 7.71. The van der Waals surface area contributed by atoms with Crippen LogP contribution in [0, 0.1) is 0 Å². The minimum absolute atomic E-state index is 0.00609. The fourth-order valence-corrected chi connectivity index (χ4v) is 3.57. The highest BCUT2D eigenvalue weighted by Gasteiger charge is 2.29. The molecule has 0 aromatic heterocycles. The van der Waals surface area contributed by atoms with E-state index in [0.29, 0.717) is 10.7 Å². The maximum atomic E-state index is 12.3. The maximum Gasteiger partial charge on any atom is 0.243 e. The van der Waals surface area contributed by atoms with Crippen molar-refractivity contribution < 1.29 is 13.2 Å². The summed E-state index contributed by atoms with van der Waals surface area (Å²) in [5.41, 5.74) is 0.415. The van der Waals surface area contributed by atoms with E-state index in [0.717, 1.165) is 23.4 Å². The number of amides is 1. The Morgan fingerprint density at radius 3 is 2.27 bits per heavy atom. The molecule has 0 saturated carbocycles. The Morgan fingerprint density at radius 1 is 1.27 bits per heavy atom. The molecule has 0 aliphatic carbocycles. The Bertz CT molecular complexity index is 602. The molecule has 124 valence electrons. The molecule has 0 saturated heterocycles. The number of hydrogen-bond acceptors (Lipinski definition) is 3. The van der Waals surface area contributed by atoms with Crippen LogP contribution in [0.25, 0.3) is 0 Å². The van der Waals surface area contributed by atoms with Gasteiger partial charge in [-0.1, -0.05) is 24.9 Å². The molecule has 22 heavy (non-hydrogen) atoms. The molecule has 0 bridgehead atoms. The largest absolute Gasteiger partial charge is 0.352 e. The predicted octanol–water partition coefficient (Wildman–Crippen LogP) is 2.80. The third-order valence-electron chi connectivity index (χ3n) is 3.28. The third kappa shape index (κ3) is 5.18. The molecule has 1 aromatic carbocycles. The fourth-order valence-electron chi connectivity index (χ4n) is 2.27. The van der Waals surface area contributed by atoms with E-state index in [1.165, 1.54) is 0 Å². The van der Waals surface area contributed by atoms with Gasteiger partial charge in [-0.3, -0.25) is 9.10 Å². The van der Waals surface area contributed by atoms with E-state index < -0.39 is 16.1 Å². The Balaban J connectivity index is 3.02. The monoisotopic (exact) mass is 346 g/mol. The number of benzene rings is 1. The van der Waals surface area contributed by atoms with Crippen molar-refractivity contribution in [3.63, 3.8) is 0 Å². The summed E-state index contributed by atoms with van der Waals surface area (Å²) >= 11 is 5.83. The van der Waals surface area contributed by atoms with Gasteiger partial charge in [0.05, 0.1) is 11.9 Å². The quantitative estimate of drug-likeness (QED) is 0.825. The number of halogens is 1. The van der Waals surface area contributed by atoms with Crippen LogP contribution in [0.5, 0.6) is 0 Å². The smallest absolute Gasteiger partial charge is 0.243 e. The van der Waals surface area contributed by atoms with Crippen LogP contribution in [0.4, 0.5) is 5.69 Å². The molecule has 0 aliphatic rings. The minimum Gasteiger partial charge on any atom is -0.352 e. The summed E-state index contributed by atoms with van der Waals surface area (Å²) in [4.78, 5) is 12.3. The number of hydrogen-bond donors (Lipinski definition) is 1. The van der Waals surface area contributed by atoms with Crippen molar-refractivity contribution in [3.8, 4) is 0 Å². The number of rotatable bonds is 7. The van der Waals surface area contributed by atoms with Crippen LogP contribution in [0.2, 0.25) is 5.02 Å². The standard InChI is InChI=1S/C15H23ClN2O3S/c1-5-6-11(2)17-15(19)12(3)18(22(4,20)21)14-9-7-13(16)8-10-14/h7-12H,5-6H2,1-4H3,(H,17,19)/t11-,12-/m1/s1. The van der Waals surface area contributed by atoms with Crippen molar-refractivity contribution in [3.05, 3.63) is 29.3 Å². The van der Waals surface area contributed by atoms with Crippen molar-refractivity contribution in [2.75, 3.05) is 10.6 Å². The number of nitrogens with zero attached hydrogens (tertiary/aromatic N) is 1. The van der Waals surface area contributed by atoms with Gasteiger partial charge in [0.1, 0.15) is 6.04 Å². The van der Waals surface area contributed by atoms with Gasteiger partial charge in [-0.25, -0.2) is 8.42 Å². The molecule has 0 heterocycles. The molecule has 0 radical (unpaired) electrons. The first kappa shape index (κ1) is 18.8. The van der Waals surface area contributed by atoms with E-state index in [9.17, 15) is 13.2 Å². The molecule has 0 spiro atoms. The molecule has 0 aliphatic heterocycles. The van der Waals surface area contributed by atoms with Gasteiger partial charge in [0, 0.05) is 11.1 Å². The first-order valence-electron chi connectivity index (χ1n) is 7.22. The first-order valence-corrected chi connectivity index (χ1v) is 9.44. The molecular weight excluding hydrogens is 324 g/mol. The third-order valence-corrected chi connectivity index (χ3v) is 4.77. The van der Waals surface area contributed by atoms with Gasteiger partial charge in [0.25, 0.3) is 0 Å². The average Bonchev–Trinajstić information content (AvgIpc) is 2.39. The lowest BCUT2D eigenvalue weighted by Gasteiger charge is -2.29. The molecule has 2 atom stereocenters. The predicted molar refractivity (Wildman–Crippen MR) is 90.7 cm³/mol. The van der Waals surface area contributed by atoms with Crippen LogP contribution in [0.1, 0.15) is 33.6 Å². The summed E-state index contributed by atoms with van der Waals surface area (Å²) < 4.78 is 25.3. The van der Waals surface area contributed by atoms with Crippen molar-refractivity contribution in [1.82, 2.24) is 5.32 Å². The number of nitrogens with one attached hydrogen (secondary N) is 1. The SMILES string of the molecule is CCC[C@@H](C)NC(=O)[C@@H](C)N(c1ccc(Cl)cc1)S(C)(=O)=O. The highest BCUT2D eigenvalue weighted by molar-refractivity contribution is 7.92. The topological polar surface area (TPSA) is 66.5 Å². The van der Waals surface area contributed by atoms with Crippen LogP contribution >= 0.6 is 11.6 Å². The summed E-state index contributed by atoms with van der Waals surface area (Å²) in [6, 6.07) is 5.53. The Hall–Kier alpha value is -1.27. The van der Waals surface area contributed by atoms with Crippen molar-refractivity contribution >= 4 is 33.2 Å². The van der Waals surface area contributed by atoms with Crippen LogP contribution in [-0.4, -0.2) is 32.7 Å². The van der Waals surface area contributed by atoms with Crippen LogP contribution in [-0.2, 0) is 14.8 Å². The van der Waals surface area contributed by atoms with Crippen molar-refractivity contribution in [2.24, 2.45) is 0 Å². The Labute approximate surface area is 137 Å². The molecule has 1 amide bonds. The maximum absolute atomic E-state index is 12.3. The summed E-state index contributed by atoms with van der Waals surface area (Å²) in [7, 11) is -3.59. The lowest BCUT2D eigenvalue weighted by molar-refractivity contribution is -0.122. The van der Waals surface area contributed by atoms with Crippen molar-refractivity contribution in [2.45, 2.75) is 45.7 Å². The second kappa shape index (κ2) is 7.83. The Kier molecular flexibility index (Phi) is 6.68. The lowest BCUT2D eigenvalue weighted by atomic mass is 10.2. The van der Waals surface area contributed by atoms with E-state index >= 15 is 0 Å². The summed E-state index contributed by atoms with van der Waals surface area (Å²) in [5.74, 6) is -0.318. The van der Waals surface area contributed by atoms with Gasteiger partial charge in [-0.2, -0.15) is 0 Å². The zero-order chi connectivity index (χ0) is 16.9. The molecule has 0 unspecified atom stereocenters. The summed E-state index contributed by atoms with van der Waals surface area (Å²) in [6.45, 7) is 5.51. The molecule has 0 fully saturated rings. The van der Waals surface area contributed by atoms with Gasteiger partial charge in [0.15, 0.2) is 0 Å². The molecule has 1 aromatic rings. The van der Waals surface area contributed by atoms with Crippen LogP contribution < -0.4 is 9.62 Å². The summed E-state index contributed by atoms with van der Waals surface area (Å²) in [6.07, 6.45) is 2.88. The minimum atomic E-state index is -3.59. The summed E-state index contributed by atoms with van der Waals surface area (Å²) in [5, 5.41) is 3.35. The van der Waals surface area contributed by atoms with Gasteiger partial charge < -0.3 is 5.32 Å². The van der Waals surface area contributed by atoms with E-state index in [2.05, 4.69) is 5.32 Å². The zero-order valence-corrected chi connectivity index (χ0v) is 14.9. The van der Waals surface area contributed by atoms with Crippen LogP contribution in [0.15, 0.2) is 24.3 Å². The highest BCUT2D eigenvalue weighted by Crippen LogP contribution is 2.23. The van der Waals surface area contributed by atoms with Crippen molar-refractivity contribution in [1.29, 1.82) is 0 Å². The van der Waals surface area contributed by atoms with Crippen LogP contribution in [0.3, 0.4) is 0 Å². The molecule has 1 N–H and O–H groups in total. The van der Waals surface area contributed by atoms with Gasteiger partial charge in [0.2, 0.25) is 15.9 Å². The lowest BCUT2D eigenvalue weighted by Crippen LogP contribution is -2.49. The molecular formula is C15H23ClN2O3S. The van der Waals surface area contributed by atoms with E-state index in [1.54, 1.807) is 31.2 Å².